The van der Waals surface area contributed by atoms with E-state index in [4.69, 9.17) is 5.21 Å². The third-order valence-corrected chi connectivity index (χ3v) is 5.76. The highest BCUT2D eigenvalue weighted by atomic mass is 16.5. The second-order valence-electron chi connectivity index (χ2n) is 8.06. The third kappa shape index (κ3) is 3.41. The van der Waals surface area contributed by atoms with Crippen LogP contribution >= 0.6 is 0 Å². The molecule has 156 valence electrons. The predicted octanol–water partition coefficient (Wildman–Crippen LogP) is 3.41. The largest absolute Gasteiger partial charge is 0.338 e. The first-order chi connectivity index (χ1) is 14.4. The average molecular weight is 406 g/mol. The molecule has 2 aromatic carbocycles. The first-order valence-corrected chi connectivity index (χ1v) is 10.00. The molecule has 2 N–H and O–H groups in total. The van der Waals surface area contributed by atoms with Gasteiger partial charge in [-0.05, 0) is 29.3 Å². The quantitative estimate of drug-likeness (QED) is 0.517. The fourth-order valence-corrected chi connectivity index (χ4v) is 4.39. The molecule has 7 nitrogen and oxygen atoms in total. The summed E-state index contributed by atoms with van der Waals surface area (Å²) >= 11 is 0. The lowest BCUT2D eigenvalue weighted by Gasteiger charge is -2.34. The molecule has 0 bridgehead atoms. The summed E-state index contributed by atoms with van der Waals surface area (Å²) < 4.78 is 2.28. The van der Waals surface area contributed by atoms with Crippen LogP contribution in [0.4, 0.5) is 4.79 Å². The van der Waals surface area contributed by atoms with Crippen LogP contribution in [0.5, 0.6) is 0 Å². The molecule has 0 aliphatic carbocycles. The van der Waals surface area contributed by atoms with Crippen LogP contribution in [-0.2, 0) is 13.1 Å². The molecule has 1 aliphatic heterocycles. The fourth-order valence-electron chi connectivity index (χ4n) is 4.39. The van der Waals surface area contributed by atoms with Gasteiger partial charge in [-0.25, -0.2) is 10.3 Å². The zero-order chi connectivity index (χ0) is 21.4. The first kappa shape index (κ1) is 20.0. The maximum absolute atomic E-state index is 12.7. The maximum atomic E-state index is 12.7. The van der Waals surface area contributed by atoms with Crippen LogP contribution in [0, 0.1) is 0 Å². The molecule has 4 rings (SSSR count). The monoisotopic (exact) mass is 406 g/mol. The van der Waals surface area contributed by atoms with E-state index in [2.05, 4.69) is 29.7 Å². The number of nitrogens with zero attached hydrogens (tertiary/aromatic N) is 3. The standard InChI is InChI=1S/C23H26N4O3/c1-15-12-26(23(29)25(2)3)14-20-21(15)18-6-4-5-7-19(18)27(20)13-16-8-10-17(11-9-16)22(28)24-30/h4-11,15,30H,12-14H2,1-3H3,(H,24,28). The summed E-state index contributed by atoms with van der Waals surface area (Å²) in [6, 6.07) is 15.6. The Morgan fingerprint density at radius 3 is 2.50 bits per heavy atom. The number of carbonyl (C=O) groups excluding carboxylic acids is 2. The summed E-state index contributed by atoms with van der Waals surface area (Å²) in [6.45, 7) is 4.07. The first-order valence-electron chi connectivity index (χ1n) is 10.00. The van der Waals surface area contributed by atoms with Crippen molar-refractivity contribution in [2.24, 2.45) is 0 Å². The molecular weight excluding hydrogens is 380 g/mol. The number of rotatable bonds is 3. The molecule has 1 aromatic heterocycles. The van der Waals surface area contributed by atoms with Crippen molar-refractivity contribution in [2.45, 2.75) is 25.9 Å². The van der Waals surface area contributed by atoms with Crippen molar-refractivity contribution >= 4 is 22.8 Å². The third-order valence-electron chi connectivity index (χ3n) is 5.76. The molecule has 3 aromatic rings. The van der Waals surface area contributed by atoms with Crippen LogP contribution in [0.3, 0.4) is 0 Å². The van der Waals surface area contributed by atoms with Gasteiger partial charge in [0.1, 0.15) is 0 Å². The van der Waals surface area contributed by atoms with Gasteiger partial charge in [0.05, 0.1) is 6.54 Å². The minimum atomic E-state index is -0.531. The molecule has 0 saturated carbocycles. The van der Waals surface area contributed by atoms with E-state index >= 15 is 0 Å². The topological polar surface area (TPSA) is 77.8 Å². The number of amides is 3. The Morgan fingerprint density at radius 1 is 1.13 bits per heavy atom. The van der Waals surface area contributed by atoms with Crippen molar-refractivity contribution in [1.29, 1.82) is 0 Å². The van der Waals surface area contributed by atoms with E-state index < -0.39 is 5.91 Å². The molecule has 0 spiro atoms. The molecule has 2 heterocycles. The van der Waals surface area contributed by atoms with Gasteiger partial charge in [0, 0.05) is 55.3 Å². The van der Waals surface area contributed by atoms with Crippen LogP contribution in [0.1, 0.15) is 40.0 Å². The summed E-state index contributed by atoms with van der Waals surface area (Å²) in [4.78, 5) is 27.8. The second-order valence-corrected chi connectivity index (χ2v) is 8.06. The molecule has 7 heteroatoms. The minimum absolute atomic E-state index is 0.0173. The van der Waals surface area contributed by atoms with E-state index in [1.165, 1.54) is 10.9 Å². The number of hydrogen-bond donors (Lipinski definition) is 2. The van der Waals surface area contributed by atoms with Gasteiger partial charge in [0.25, 0.3) is 5.91 Å². The van der Waals surface area contributed by atoms with Crippen molar-refractivity contribution in [1.82, 2.24) is 19.8 Å². The lowest BCUT2D eigenvalue weighted by Crippen LogP contribution is -2.43. The Morgan fingerprint density at radius 2 is 1.83 bits per heavy atom. The number of carbonyl (C=O) groups is 2. The minimum Gasteiger partial charge on any atom is -0.338 e. The van der Waals surface area contributed by atoms with Crippen LogP contribution in [-0.4, -0.2) is 52.2 Å². The summed E-state index contributed by atoms with van der Waals surface area (Å²) in [5.41, 5.74) is 6.70. The van der Waals surface area contributed by atoms with E-state index in [0.29, 0.717) is 25.2 Å². The van der Waals surface area contributed by atoms with Crippen molar-refractivity contribution in [3.8, 4) is 0 Å². The van der Waals surface area contributed by atoms with Gasteiger partial charge in [-0.1, -0.05) is 37.3 Å². The van der Waals surface area contributed by atoms with E-state index in [9.17, 15) is 9.59 Å². The molecule has 1 atom stereocenters. The summed E-state index contributed by atoms with van der Waals surface area (Å²) in [6.07, 6.45) is 0. The molecule has 1 aliphatic rings. The zero-order valence-electron chi connectivity index (χ0n) is 17.4. The normalized spacial score (nSPS) is 15.7. The number of nitrogens with one attached hydrogen (secondary N) is 1. The van der Waals surface area contributed by atoms with Crippen molar-refractivity contribution in [2.75, 3.05) is 20.6 Å². The van der Waals surface area contributed by atoms with Crippen molar-refractivity contribution in [3.05, 3.63) is 70.9 Å². The summed E-state index contributed by atoms with van der Waals surface area (Å²) in [5, 5.41) is 10.0. The number of benzene rings is 2. The van der Waals surface area contributed by atoms with Gasteiger partial charge < -0.3 is 14.4 Å². The van der Waals surface area contributed by atoms with E-state index in [0.717, 1.165) is 16.8 Å². The number of hydroxylamine groups is 1. The predicted molar refractivity (Wildman–Crippen MR) is 115 cm³/mol. The molecule has 1 unspecified atom stereocenters. The number of hydrogen-bond acceptors (Lipinski definition) is 3. The molecule has 0 saturated heterocycles. The Labute approximate surface area is 175 Å². The van der Waals surface area contributed by atoms with E-state index in [1.54, 1.807) is 36.6 Å². The highest BCUT2D eigenvalue weighted by Crippen LogP contribution is 2.37. The highest BCUT2D eigenvalue weighted by molar-refractivity contribution is 5.93. The summed E-state index contributed by atoms with van der Waals surface area (Å²) in [5.74, 6) is -0.295. The SMILES string of the molecule is CC1CN(C(=O)N(C)C)Cc2c1c1ccccc1n2Cc1ccc(C(=O)NO)cc1. The highest BCUT2D eigenvalue weighted by Gasteiger charge is 2.31. The van der Waals surface area contributed by atoms with Gasteiger partial charge in [0.15, 0.2) is 0 Å². The van der Waals surface area contributed by atoms with Gasteiger partial charge >= 0.3 is 6.03 Å². The van der Waals surface area contributed by atoms with E-state index in [-0.39, 0.29) is 11.9 Å². The smallest absolute Gasteiger partial charge is 0.319 e. The second kappa shape index (κ2) is 7.84. The Hall–Kier alpha value is -3.32. The van der Waals surface area contributed by atoms with Gasteiger partial charge in [-0.3, -0.25) is 10.0 Å². The van der Waals surface area contributed by atoms with Crippen LogP contribution in [0.2, 0.25) is 0 Å². The number of urea groups is 1. The molecule has 0 fully saturated rings. The van der Waals surface area contributed by atoms with Crippen molar-refractivity contribution in [3.63, 3.8) is 0 Å². The van der Waals surface area contributed by atoms with Gasteiger partial charge in [-0.15, -0.1) is 0 Å². The molecular formula is C23H26N4O3. The van der Waals surface area contributed by atoms with Crippen LogP contribution in [0.25, 0.3) is 10.9 Å². The molecule has 0 radical (unpaired) electrons. The fraction of sp³-hybridized carbons (Fsp3) is 0.304. The zero-order valence-corrected chi connectivity index (χ0v) is 17.4. The Balaban J connectivity index is 1.76. The van der Waals surface area contributed by atoms with Gasteiger partial charge in [-0.2, -0.15) is 0 Å². The molecule has 30 heavy (non-hydrogen) atoms. The average Bonchev–Trinajstić information content (AvgIpc) is 3.07. The number of aromatic nitrogens is 1. The van der Waals surface area contributed by atoms with Crippen molar-refractivity contribution < 1.29 is 14.8 Å². The lowest BCUT2D eigenvalue weighted by atomic mass is 9.93. The summed E-state index contributed by atoms with van der Waals surface area (Å²) in [7, 11) is 3.56. The van der Waals surface area contributed by atoms with Crippen LogP contribution < -0.4 is 5.48 Å². The van der Waals surface area contributed by atoms with E-state index in [1.807, 2.05) is 23.1 Å². The maximum Gasteiger partial charge on any atom is 0.319 e. The number of fused-ring (bicyclic) bond motifs is 3. The Bertz CT molecular complexity index is 1100. The van der Waals surface area contributed by atoms with Gasteiger partial charge in [0.2, 0.25) is 0 Å². The lowest BCUT2D eigenvalue weighted by molar-refractivity contribution is 0.0706. The Kier molecular flexibility index (Phi) is 5.22. The number of para-hydroxylation sites is 1. The van der Waals surface area contributed by atoms with Crippen LogP contribution in [0.15, 0.2) is 48.5 Å². The molecule has 3 amide bonds.